The van der Waals surface area contributed by atoms with Crippen molar-refractivity contribution in [3.05, 3.63) is 29.8 Å². The van der Waals surface area contributed by atoms with E-state index in [9.17, 15) is 5.11 Å². The number of aryl methyl sites for hydroxylation is 1. The Morgan fingerprint density at radius 2 is 2.20 bits per heavy atom. The summed E-state index contributed by atoms with van der Waals surface area (Å²) in [6.07, 6.45) is 6.13. The minimum atomic E-state index is -0.369. The van der Waals surface area contributed by atoms with Crippen LogP contribution < -0.4 is 0 Å². The molecule has 3 rings (SSSR count). The zero-order valence-electron chi connectivity index (χ0n) is 11.6. The first-order valence-electron chi connectivity index (χ1n) is 7.25. The van der Waals surface area contributed by atoms with Crippen LogP contribution >= 0.6 is 0 Å². The maximum Gasteiger partial charge on any atom is 0.232 e. The van der Waals surface area contributed by atoms with Crippen molar-refractivity contribution >= 4 is 0 Å². The molecule has 2 aromatic heterocycles. The van der Waals surface area contributed by atoms with Crippen LogP contribution in [0.3, 0.4) is 0 Å². The van der Waals surface area contributed by atoms with Crippen molar-refractivity contribution in [1.29, 1.82) is 0 Å². The standard InChI is InChI=1S/C15H19N3O2/c1-2-10-6-5-9-16-13(10)14-17-15(20-18-14)11-7-3-4-8-12(11)19/h5-6,9,11-12,19H,2-4,7-8H2,1H3. The van der Waals surface area contributed by atoms with Gasteiger partial charge in [0.1, 0.15) is 5.69 Å². The number of aromatic nitrogens is 3. The number of pyridine rings is 1. The molecule has 0 spiro atoms. The van der Waals surface area contributed by atoms with Crippen molar-refractivity contribution in [2.24, 2.45) is 0 Å². The lowest BCUT2D eigenvalue weighted by atomic mass is 9.86. The Morgan fingerprint density at radius 1 is 1.35 bits per heavy atom. The van der Waals surface area contributed by atoms with Crippen LogP contribution in [0.1, 0.15) is 50.0 Å². The van der Waals surface area contributed by atoms with Crippen LogP contribution in [0, 0.1) is 0 Å². The van der Waals surface area contributed by atoms with E-state index in [1.54, 1.807) is 6.20 Å². The minimum Gasteiger partial charge on any atom is -0.392 e. The quantitative estimate of drug-likeness (QED) is 0.930. The van der Waals surface area contributed by atoms with Gasteiger partial charge in [-0.1, -0.05) is 31.0 Å². The second-order valence-corrected chi connectivity index (χ2v) is 5.28. The Labute approximate surface area is 118 Å². The molecule has 0 amide bonds. The van der Waals surface area contributed by atoms with Gasteiger partial charge in [0.2, 0.25) is 11.7 Å². The highest BCUT2D eigenvalue weighted by molar-refractivity contribution is 5.53. The first-order chi connectivity index (χ1) is 9.79. The molecule has 2 heterocycles. The van der Waals surface area contributed by atoms with Crippen LogP contribution in [0.4, 0.5) is 0 Å². The Balaban J connectivity index is 1.90. The van der Waals surface area contributed by atoms with Gasteiger partial charge < -0.3 is 9.63 Å². The molecule has 1 aliphatic carbocycles. The van der Waals surface area contributed by atoms with Gasteiger partial charge in [-0.25, -0.2) is 0 Å². The average Bonchev–Trinajstić information content (AvgIpc) is 2.97. The Morgan fingerprint density at radius 3 is 3.00 bits per heavy atom. The Kier molecular flexibility index (Phi) is 3.78. The fraction of sp³-hybridized carbons (Fsp3) is 0.533. The SMILES string of the molecule is CCc1cccnc1-c1noc(C2CCCCC2O)n1. The molecule has 2 unspecified atom stereocenters. The van der Waals surface area contributed by atoms with Gasteiger partial charge in [0.15, 0.2) is 0 Å². The third-order valence-electron chi connectivity index (χ3n) is 3.97. The van der Waals surface area contributed by atoms with Crippen molar-refractivity contribution in [3.63, 3.8) is 0 Å². The van der Waals surface area contributed by atoms with Gasteiger partial charge in [0, 0.05) is 6.20 Å². The summed E-state index contributed by atoms with van der Waals surface area (Å²) in [5, 5.41) is 14.1. The maximum atomic E-state index is 10.1. The molecule has 0 saturated heterocycles. The number of hydrogen-bond acceptors (Lipinski definition) is 5. The van der Waals surface area contributed by atoms with Crippen molar-refractivity contribution in [3.8, 4) is 11.5 Å². The molecule has 2 aromatic rings. The van der Waals surface area contributed by atoms with E-state index in [2.05, 4.69) is 22.0 Å². The second kappa shape index (κ2) is 5.71. The number of rotatable bonds is 3. The van der Waals surface area contributed by atoms with Gasteiger partial charge in [-0.3, -0.25) is 4.98 Å². The van der Waals surface area contributed by atoms with Crippen molar-refractivity contribution in [2.45, 2.75) is 51.0 Å². The van der Waals surface area contributed by atoms with Gasteiger partial charge in [-0.2, -0.15) is 4.98 Å². The molecule has 0 aromatic carbocycles. The second-order valence-electron chi connectivity index (χ2n) is 5.28. The number of nitrogens with zero attached hydrogens (tertiary/aromatic N) is 3. The molecular formula is C15H19N3O2. The van der Waals surface area contributed by atoms with Crippen LogP contribution in [0.2, 0.25) is 0 Å². The van der Waals surface area contributed by atoms with E-state index in [4.69, 9.17) is 4.52 Å². The summed E-state index contributed by atoms with van der Waals surface area (Å²) >= 11 is 0. The molecular weight excluding hydrogens is 254 g/mol. The predicted octanol–water partition coefficient (Wildman–Crippen LogP) is 2.71. The molecule has 2 atom stereocenters. The van der Waals surface area contributed by atoms with Crippen LogP contribution in [-0.2, 0) is 6.42 Å². The van der Waals surface area contributed by atoms with Gasteiger partial charge in [-0.05, 0) is 30.9 Å². The van der Waals surface area contributed by atoms with Crippen LogP contribution in [0.5, 0.6) is 0 Å². The van der Waals surface area contributed by atoms with E-state index in [1.807, 2.05) is 12.1 Å². The maximum absolute atomic E-state index is 10.1. The van der Waals surface area contributed by atoms with E-state index < -0.39 is 0 Å². The third kappa shape index (κ3) is 2.45. The van der Waals surface area contributed by atoms with Crippen LogP contribution in [0.25, 0.3) is 11.5 Å². The van der Waals surface area contributed by atoms with Gasteiger partial charge in [0.25, 0.3) is 0 Å². The van der Waals surface area contributed by atoms with Crippen LogP contribution in [0.15, 0.2) is 22.9 Å². The topological polar surface area (TPSA) is 72.0 Å². The molecule has 5 nitrogen and oxygen atoms in total. The largest absolute Gasteiger partial charge is 0.392 e. The van der Waals surface area contributed by atoms with Crippen molar-refractivity contribution < 1.29 is 9.63 Å². The number of hydrogen-bond donors (Lipinski definition) is 1. The highest BCUT2D eigenvalue weighted by Gasteiger charge is 2.29. The predicted molar refractivity (Wildman–Crippen MR) is 74.1 cm³/mol. The summed E-state index contributed by atoms with van der Waals surface area (Å²) in [7, 11) is 0. The first kappa shape index (κ1) is 13.2. The fourth-order valence-electron chi connectivity index (χ4n) is 2.81. The number of aliphatic hydroxyl groups is 1. The summed E-state index contributed by atoms with van der Waals surface area (Å²) in [5.41, 5.74) is 1.87. The normalized spacial score (nSPS) is 22.9. The lowest BCUT2D eigenvalue weighted by molar-refractivity contribution is 0.0908. The molecule has 106 valence electrons. The zero-order chi connectivity index (χ0) is 13.9. The van der Waals surface area contributed by atoms with E-state index in [0.717, 1.165) is 43.4 Å². The summed E-state index contributed by atoms with van der Waals surface area (Å²) in [4.78, 5) is 8.81. The Bertz CT molecular complexity index is 582. The third-order valence-corrected chi connectivity index (χ3v) is 3.97. The summed E-state index contributed by atoms with van der Waals surface area (Å²) in [6.45, 7) is 2.08. The molecule has 1 saturated carbocycles. The molecule has 20 heavy (non-hydrogen) atoms. The zero-order valence-corrected chi connectivity index (χ0v) is 11.6. The highest BCUT2D eigenvalue weighted by atomic mass is 16.5. The van der Waals surface area contributed by atoms with Gasteiger partial charge in [0.05, 0.1) is 12.0 Å². The lowest BCUT2D eigenvalue weighted by Gasteiger charge is -2.24. The molecule has 0 radical (unpaired) electrons. The minimum absolute atomic E-state index is 0.0289. The van der Waals surface area contributed by atoms with Gasteiger partial charge in [-0.15, -0.1) is 0 Å². The highest BCUT2D eigenvalue weighted by Crippen LogP contribution is 2.33. The summed E-state index contributed by atoms with van der Waals surface area (Å²) in [6, 6.07) is 3.93. The average molecular weight is 273 g/mol. The molecule has 0 aliphatic heterocycles. The fourth-order valence-corrected chi connectivity index (χ4v) is 2.81. The van der Waals surface area contributed by atoms with E-state index in [1.165, 1.54) is 0 Å². The molecule has 0 bridgehead atoms. The Hall–Kier alpha value is -1.75. The molecule has 1 N–H and O–H groups in total. The van der Waals surface area contributed by atoms with E-state index in [0.29, 0.717) is 11.7 Å². The van der Waals surface area contributed by atoms with Gasteiger partial charge >= 0.3 is 0 Å². The van der Waals surface area contributed by atoms with E-state index >= 15 is 0 Å². The summed E-state index contributed by atoms with van der Waals surface area (Å²) in [5.74, 6) is 1.04. The number of aliphatic hydroxyl groups excluding tert-OH is 1. The monoisotopic (exact) mass is 273 g/mol. The lowest BCUT2D eigenvalue weighted by Crippen LogP contribution is -2.22. The molecule has 5 heteroatoms. The smallest absolute Gasteiger partial charge is 0.232 e. The summed E-state index contributed by atoms with van der Waals surface area (Å²) < 4.78 is 5.37. The molecule has 1 fully saturated rings. The first-order valence-corrected chi connectivity index (χ1v) is 7.25. The van der Waals surface area contributed by atoms with Crippen molar-refractivity contribution in [1.82, 2.24) is 15.1 Å². The molecule has 1 aliphatic rings. The van der Waals surface area contributed by atoms with Crippen molar-refractivity contribution in [2.75, 3.05) is 0 Å². The van der Waals surface area contributed by atoms with E-state index in [-0.39, 0.29) is 12.0 Å². The van der Waals surface area contributed by atoms with Crippen LogP contribution in [-0.4, -0.2) is 26.3 Å².